The van der Waals surface area contributed by atoms with Crippen molar-refractivity contribution in [1.82, 2.24) is 5.16 Å². The highest BCUT2D eigenvalue weighted by atomic mass is 19.1. The molecule has 3 aromatic rings. The molecule has 0 amide bonds. The van der Waals surface area contributed by atoms with Crippen LogP contribution in [0.5, 0.6) is 0 Å². The van der Waals surface area contributed by atoms with Crippen LogP contribution >= 0.6 is 0 Å². The summed E-state index contributed by atoms with van der Waals surface area (Å²) in [6.07, 6.45) is -0.870. The van der Waals surface area contributed by atoms with E-state index in [4.69, 9.17) is 14.4 Å². The number of rotatable bonds is 4. The quantitative estimate of drug-likeness (QED) is 0.799. The molecule has 3 rings (SSSR count). The smallest absolute Gasteiger partial charge is 0.358 e. The van der Waals surface area contributed by atoms with Gasteiger partial charge in [-0.05, 0) is 22.9 Å². The topological polar surface area (TPSA) is 72.6 Å². The van der Waals surface area contributed by atoms with Crippen LogP contribution in [0, 0.1) is 5.82 Å². The Kier molecular flexibility index (Phi) is 3.60. The third kappa shape index (κ3) is 2.44. The van der Waals surface area contributed by atoms with Gasteiger partial charge >= 0.3 is 5.97 Å². The van der Waals surface area contributed by atoms with Gasteiger partial charge in [0, 0.05) is 18.7 Å². The summed E-state index contributed by atoms with van der Waals surface area (Å²) in [4.78, 5) is 10.9. The van der Waals surface area contributed by atoms with Crippen molar-refractivity contribution >= 4 is 16.7 Å². The van der Waals surface area contributed by atoms with Gasteiger partial charge in [0.15, 0.2) is 11.5 Å². The molecule has 1 N–H and O–H groups in total. The Morgan fingerprint density at radius 3 is 2.55 bits per heavy atom. The van der Waals surface area contributed by atoms with Gasteiger partial charge in [-0.25, -0.2) is 9.18 Å². The fraction of sp³-hybridized carbons (Fsp3) is 0.125. The number of methoxy groups -OCH3 is 1. The number of carbonyl (C=O) groups is 1. The van der Waals surface area contributed by atoms with Crippen molar-refractivity contribution in [2.75, 3.05) is 7.11 Å². The van der Waals surface area contributed by atoms with Crippen LogP contribution < -0.4 is 0 Å². The number of nitrogens with zero attached hydrogens (tertiary/aromatic N) is 1. The molecule has 0 aliphatic carbocycles. The number of benzene rings is 2. The summed E-state index contributed by atoms with van der Waals surface area (Å²) in [5.74, 6) is -1.54. The Morgan fingerprint density at radius 1 is 1.27 bits per heavy atom. The minimum absolute atomic E-state index is 0.133. The molecular weight excluding hydrogens is 289 g/mol. The van der Waals surface area contributed by atoms with Crippen LogP contribution in [0.15, 0.2) is 47.0 Å². The van der Waals surface area contributed by atoms with Gasteiger partial charge in [-0.2, -0.15) is 0 Å². The molecule has 0 spiro atoms. The van der Waals surface area contributed by atoms with Gasteiger partial charge in [0.25, 0.3) is 0 Å². The molecule has 0 bridgehead atoms. The molecule has 1 unspecified atom stereocenters. The number of aromatic nitrogens is 1. The standard InChI is InChI=1S/C16H12FNO4/c1-21-15(14-8-13(16(19)20)18-22-14)11-6-9-4-2-3-5-10(9)7-12(11)17/h2-8,15H,1H3,(H,19,20). The lowest BCUT2D eigenvalue weighted by atomic mass is 10.0. The van der Waals surface area contributed by atoms with Crippen LogP contribution in [-0.4, -0.2) is 23.3 Å². The molecule has 1 atom stereocenters. The van der Waals surface area contributed by atoms with Gasteiger partial charge in [-0.15, -0.1) is 0 Å². The van der Waals surface area contributed by atoms with Crippen LogP contribution in [0.4, 0.5) is 4.39 Å². The first-order valence-corrected chi connectivity index (χ1v) is 6.51. The predicted octanol–water partition coefficient (Wildman–Crippen LogP) is 3.40. The number of fused-ring (bicyclic) bond motifs is 1. The van der Waals surface area contributed by atoms with Crippen molar-refractivity contribution in [2.45, 2.75) is 6.10 Å². The third-order valence-electron chi connectivity index (χ3n) is 3.39. The van der Waals surface area contributed by atoms with E-state index in [1.807, 2.05) is 18.2 Å². The SMILES string of the molecule is COC(c1cc(C(=O)O)no1)c1cc2ccccc2cc1F. The highest BCUT2D eigenvalue weighted by Gasteiger charge is 2.24. The monoisotopic (exact) mass is 301 g/mol. The average Bonchev–Trinajstić information content (AvgIpc) is 2.98. The summed E-state index contributed by atoms with van der Waals surface area (Å²) in [5, 5.41) is 13.9. The molecular formula is C16H12FNO4. The Hall–Kier alpha value is -2.73. The first kappa shape index (κ1) is 14.2. The van der Waals surface area contributed by atoms with E-state index in [0.717, 1.165) is 10.8 Å². The van der Waals surface area contributed by atoms with Crippen LogP contribution in [-0.2, 0) is 4.74 Å². The third-order valence-corrected chi connectivity index (χ3v) is 3.39. The van der Waals surface area contributed by atoms with Crippen LogP contribution in [0.1, 0.15) is 27.9 Å². The normalized spacial score (nSPS) is 12.5. The summed E-state index contributed by atoms with van der Waals surface area (Å²) >= 11 is 0. The van der Waals surface area contributed by atoms with Gasteiger partial charge < -0.3 is 14.4 Å². The minimum Gasteiger partial charge on any atom is -0.476 e. The summed E-state index contributed by atoms with van der Waals surface area (Å²) in [5.41, 5.74) is 0.00698. The zero-order chi connectivity index (χ0) is 15.7. The molecule has 112 valence electrons. The maximum absolute atomic E-state index is 14.3. The van der Waals surface area contributed by atoms with Crippen LogP contribution in [0.3, 0.4) is 0 Å². The molecule has 2 aromatic carbocycles. The number of halogens is 1. The second-order valence-corrected chi connectivity index (χ2v) is 4.76. The minimum atomic E-state index is -1.22. The highest BCUT2D eigenvalue weighted by Crippen LogP contribution is 2.31. The summed E-state index contributed by atoms with van der Waals surface area (Å²) < 4.78 is 24.6. The van der Waals surface area contributed by atoms with Gasteiger partial charge in [-0.1, -0.05) is 29.4 Å². The second kappa shape index (κ2) is 5.57. The predicted molar refractivity (Wildman–Crippen MR) is 76.2 cm³/mol. The Balaban J connectivity index is 2.09. The van der Waals surface area contributed by atoms with Crippen molar-refractivity contribution in [3.05, 3.63) is 65.3 Å². The van der Waals surface area contributed by atoms with E-state index in [2.05, 4.69) is 5.16 Å². The van der Waals surface area contributed by atoms with E-state index in [1.54, 1.807) is 12.1 Å². The van der Waals surface area contributed by atoms with E-state index in [0.29, 0.717) is 0 Å². The van der Waals surface area contributed by atoms with E-state index in [-0.39, 0.29) is 17.0 Å². The molecule has 0 fully saturated rings. The van der Waals surface area contributed by atoms with Crippen molar-refractivity contribution in [2.24, 2.45) is 0 Å². The van der Waals surface area contributed by atoms with E-state index >= 15 is 0 Å². The zero-order valence-corrected chi connectivity index (χ0v) is 11.6. The van der Waals surface area contributed by atoms with Gasteiger partial charge in [0.2, 0.25) is 0 Å². The van der Waals surface area contributed by atoms with Gasteiger partial charge in [0.1, 0.15) is 11.9 Å². The Bertz CT molecular complexity index is 843. The lowest BCUT2D eigenvalue weighted by molar-refractivity contribution is 0.0684. The summed E-state index contributed by atoms with van der Waals surface area (Å²) in [7, 11) is 1.39. The molecule has 0 aliphatic rings. The zero-order valence-electron chi connectivity index (χ0n) is 11.6. The van der Waals surface area contributed by atoms with Crippen LogP contribution in [0.25, 0.3) is 10.8 Å². The lowest BCUT2D eigenvalue weighted by Gasteiger charge is -2.14. The fourth-order valence-electron chi connectivity index (χ4n) is 2.34. The van der Waals surface area contributed by atoms with E-state index in [9.17, 15) is 9.18 Å². The number of aromatic carboxylic acids is 1. The highest BCUT2D eigenvalue weighted by molar-refractivity contribution is 5.85. The van der Waals surface area contributed by atoms with Crippen molar-refractivity contribution < 1.29 is 23.6 Å². The van der Waals surface area contributed by atoms with Crippen molar-refractivity contribution in [1.29, 1.82) is 0 Å². The molecule has 0 saturated carbocycles. The van der Waals surface area contributed by atoms with Crippen molar-refractivity contribution in [3.8, 4) is 0 Å². The number of ether oxygens (including phenoxy) is 1. The number of carboxylic acids is 1. The lowest BCUT2D eigenvalue weighted by Crippen LogP contribution is -2.05. The average molecular weight is 301 g/mol. The van der Waals surface area contributed by atoms with Gasteiger partial charge in [-0.3, -0.25) is 0 Å². The molecule has 5 nitrogen and oxygen atoms in total. The summed E-state index contributed by atoms with van der Waals surface area (Å²) in [6, 6.07) is 11.6. The molecule has 0 radical (unpaired) electrons. The van der Waals surface area contributed by atoms with Crippen molar-refractivity contribution in [3.63, 3.8) is 0 Å². The first-order chi connectivity index (χ1) is 10.6. The Labute approximate surface area is 124 Å². The summed E-state index contributed by atoms with van der Waals surface area (Å²) in [6.45, 7) is 0. The first-order valence-electron chi connectivity index (χ1n) is 6.51. The number of hydrogen-bond acceptors (Lipinski definition) is 4. The number of hydrogen-bond donors (Lipinski definition) is 1. The van der Waals surface area contributed by atoms with Crippen LogP contribution in [0.2, 0.25) is 0 Å². The molecule has 1 aromatic heterocycles. The molecule has 6 heteroatoms. The fourth-order valence-corrected chi connectivity index (χ4v) is 2.34. The molecule has 1 heterocycles. The largest absolute Gasteiger partial charge is 0.476 e. The maximum atomic E-state index is 14.3. The van der Waals surface area contributed by atoms with Gasteiger partial charge in [0.05, 0.1) is 0 Å². The molecule has 0 saturated heterocycles. The maximum Gasteiger partial charge on any atom is 0.358 e. The number of carboxylic acid groups (broad SMARTS) is 1. The van der Waals surface area contributed by atoms with E-state index < -0.39 is 17.9 Å². The molecule has 0 aliphatic heterocycles. The Morgan fingerprint density at radius 2 is 1.95 bits per heavy atom. The van der Waals surface area contributed by atoms with E-state index in [1.165, 1.54) is 19.2 Å². The molecule has 22 heavy (non-hydrogen) atoms. The second-order valence-electron chi connectivity index (χ2n) is 4.76.